The summed E-state index contributed by atoms with van der Waals surface area (Å²) in [7, 11) is -1.11. The third-order valence-electron chi connectivity index (χ3n) is 2.77. The van der Waals surface area contributed by atoms with Gasteiger partial charge in [0, 0.05) is 36.2 Å². The van der Waals surface area contributed by atoms with Crippen LogP contribution in [0.3, 0.4) is 0 Å². The zero-order chi connectivity index (χ0) is 11.8. The Morgan fingerprint density at radius 1 is 1.19 bits per heavy atom. The summed E-state index contributed by atoms with van der Waals surface area (Å²) in [6.07, 6.45) is 5.03. The van der Waals surface area contributed by atoms with Crippen molar-refractivity contribution in [2.45, 2.75) is 32.1 Å². The number of amides is 1. The second-order valence-corrected chi connectivity index (χ2v) is 5.74. The first-order chi connectivity index (χ1) is 7.74. The highest BCUT2D eigenvalue weighted by molar-refractivity contribution is 7.85. The molecule has 1 unspecified atom stereocenters. The average molecular weight is 247 g/mol. The van der Waals surface area contributed by atoms with Gasteiger partial charge in [0.25, 0.3) is 0 Å². The van der Waals surface area contributed by atoms with Crippen molar-refractivity contribution in [2.24, 2.45) is 0 Å². The van der Waals surface area contributed by atoms with E-state index in [-0.39, 0.29) is 18.3 Å². The van der Waals surface area contributed by atoms with Gasteiger partial charge in [-0.25, -0.2) is 0 Å². The molecule has 0 aliphatic carbocycles. The molecule has 0 aromatic carbocycles. The largest absolute Gasteiger partial charge is 0.396 e. The summed E-state index contributed by atoms with van der Waals surface area (Å²) in [4.78, 5) is 13.6. The van der Waals surface area contributed by atoms with E-state index < -0.39 is 10.8 Å². The van der Waals surface area contributed by atoms with Crippen LogP contribution < -0.4 is 0 Å². The molecule has 4 nitrogen and oxygen atoms in total. The van der Waals surface area contributed by atoms with Crippen molar-refractivity contribution in [3.63, 3.8) is 0 Å². The van der Waals surface area contributed by atoms with Gasteiger partial charge in [-0.05, 0) is 19.3 Å². The standard InChI is InChI=1S/C11H21NO3S/c13-8-5-9-16(15)10-11(14)12-6-3-1-2-4-7-12/h13H,1-10H2. The number of carbonyl (C=O) groups is 1. The van der Waals surface area contributed by atoms with Crippen LogP contribution in [0.15, 0.2) is 0 Å². The number of nitrogens with zero attached hydrogens (tertiary/aromatic N) is 1. The first-order valence-corrected chi connectivity index (χ1v) is 7.46. The molecule has 1 aliphatic heterocycles. The number of aliphatic hydroxyl groups excluding tert-OH is 1. The minimum absolute atomic E-state index is 0.0122. The molecule has 1 heterocycles. The van der Waals surface area contributed by atoms with Crippen LogP contribution in [0.25, 0.3) is 0 Å². The van der Waals surface area contributed by atoms with Crippen LogP contribution in [0.5, 0.6) is 0 Å². The van der Waals surface area contributed by atoms with Crippen LogP contribution in [-0.4, -0.2) is 51.3 Å². The van der Waals surface area contributed by atoms with E-state index in [0.717, 1.165) is 25.9 Å². The molecule has 0 aromatic rings. The van der Waals surface area contributed by atoms with Gasteiger partial charge in [-0.3, -0.25) is 9.00 Å². The Morgan fingerprint density at radius 3 is 2.38 bits per heavy atom. The molecule has 0 bridgehead atoms. The van der Waals surface area contributed by atoms with Gasteiger partial charge in [0.2, 0.25) is 5.91 Å². The molecular formula is C11H21NO3S. The van der Waals surface area contributed by atoms with Crippen molar-refractivity contribution in [1.82, 2.24) is 4.90 Å². The smallest absolute Gasteiger partial charge is 0.235 e. The SMILES string of the molecule is O=C(CS(=O)CCCO)N1CCCCCC1. The Morgan fingerprint density at radius 2 is 1.81 bits per heavy atom. The molecule has 5 heteroatoms. The van der Waals surface area contributed by atoms with Gasteiger partial charge in [-0.2, -0.15) is 0 Å². The number of hydrogen-bond donors (Lipinski definition) is 1. The summed E-state index contributed by atoms with van der Waals surface area (Å²) < 4.78 is 11.5. The van der Waals surface area contributed by atoms with E-state index in [9.17, 15) is 9.00 Å². The van der Waals surface area contributed by atoms with Gasteiger partial charge >= 0.3 is 0 Å². The summed E-state index contributed by atoms with van der Waals surface area (Å²) in [5, 5.41) is 8.61. The van der Waals surface area contributed by atoms with Crippen LogP contribution in [0.1, 0.15) is 32.1 Å². The second-order valence-electron chi connectivity index (χ2n) is 4.16. The molecular weight excluding hydrogens is 226 g/mol. The van der Waals surface area contributed by atoms with Crippen molar-refractivity contribution < 1.29 is 14.1 Å². The van der Waals surface area contributed by atoms with Crippen molar-refractivity contribution >= 4 is 16.7 Å². The zero-order valence-electron chi connectivity index (χ0n) is 9.69. The van der Waals surface area contributed by atoms with Gasteiger partial charge in [0.15, 0.2) is 0 Å². The number of aliphatic hydroxyl groups is 1. The monoisotopic (exact) mass is 247 g/mol. The summed E-state index contributed by atoms with van der Waals surface area (Å²) in [6.45, 7) is 1.68. The molecule has 1 saturated heterocycles. The maximum Gasteiger partial charge on any atom is 0.235 e. The van der Waals surface area contributed by atoms with E-state index in [4.69, 9.17) is 5.11 Å². The lowest BCUT2D eigenvalue weighted by molar-refractivity contribution is -0.128. The van der Waals surface area contributed by atoms with E-state index >= 15 is 0 Å². The molecule has 1 fully saturated rings. The fourth-order valence-corrected chi connectivity index (χ4v) is 2.90. The molecule has 1 amide bonds. The van der Waals surface area contributed by atoms with Gasteiger partial charge < -0.3 is 10.0 Å². The van der Waals surface area contributed by atoms with Gasteiger partial charge in [0.1, 0.15) is 5.75 Å². The van der Waals surface area contributed by atoms with Gasteiger partial charge in [-0.15, -0.1) is 0 Å². The Bertz CT molecular complexity index is 237. The minimum atomic E-state index is -1.11. The number of rotatable bonds is 5. The highest BCUT2D eigenvalue weighted by atomic mass is 32.2. The molecule has 1 N–H and O–H groups in total. The summed E-state index contributed by atoms with van der Waals surface area (Å²) in [6, 6.07) is 0. The predicted octanol–water partition coefficient (Wildman–Crippen LogP) is 0.520. The lowest BCUT2D eigenvalue weighted by Crippen LogP contribution is -2.35. The van der Waals surface area contributed by atoms with Crippen LogP contribution in [-0.2, 0) is 15.6 Å². The Hall–Kier alpha value is -0.420. The summed E-state index contributed by atoms with van der Waals surface area (Å²) in [5.74, 6) is 0.564. The van der Waals surface area contributed by atoms with E-state index in [1.54, 1.807) is 0 Å². The second kappa shape index (κ2) is 7.79. The Kier molecular flexibility index (Phi) is 6.64. The molecule has 1 rings (SSSR count). The predicted molar refractivity (Wildman–Crippen MR) is 64.6 cm³/mol. The fraction of sp³-hybridized carbons (Fsp3) is 0.909. The third-order valence-corrected chi connectivity index (χ3v) is 4.09. The average Bonchev–Trinajstić information content (AvgIpc) is 2.54. The molecule has 0 saturated carbocycles. The fourth-order valence-electron chi connectivity index (χ4n) is 1.85. The van der Waals surface area contributed by atoms with Crippen molar-refractivity contribution in [1.29, 1.82) is 0 Å². The van der Waals surface area contributed by atoms with Crippen molar-refractivity contribution in [3.8, 4) is 0 Å². The van der Waals surface area contributed by atoms with Crippen LogP contribution in [0.4, 0.5) is 0 Å². The van der Waals surface area contributed by atoms with E-state index in [1.807, 2.05) is 4.90 Å². The van der Waals surface area contributed by atoms with Crippen molar-refractivity contribution in [2.75, 3.05) is 31.2 Å². The van der Waals surface area contributed by atoms with E-state index in [1.165, 1.54) is 12.8 Å². The number of hydrogen-bond acceptors (Lipinski definition) is 3. The number of likely N-dealkylation sites (tertiary alicyclic amines) is 1. The topological polar surface area (TPSA) is 57.6 Å². The van der Waals surface area contributed by atoms with Crippen molar-refractivity contribution in [3.05, 3.63) is 0 Å². The molecule has 0 radical (unpaired) electrons. The van der Waals surface area contributed by atoms with Gasteiger partial charge in [0.05, 0.1) is 0 Å². The highest BCUT2D eigenvalue weighted by Crippen LogP contribution is 2.10. The van der Waals surface area contributed by atoms with E-state index in [0.29, 0.717) is 12.2 Å². The molecule has 1 aliphatic rings. The minimum Gasteiger partial charge on any atom is -0.396 e. The maximum absolute atomic E-state index is 11.8. The molecule has 1 atom stereocenters. The lowest BCUT2D eigenvalue weighted by atomic mass is 10.2. The zero-order valence-corrected chi connectivity index (χ0v) is 10.5. The quantitative estimate of drug-likeness (QED) is 0.770. The molecule has 16 heavy (non-hydrogen) atoms. The van der Waals surface area contributed by atoms with Crippen LogP contribution in [0, 0.1) is 0 Å². The first kappa shape index (κ1) is 13.6. The summed E-state index contributed by atoms with van der Waals surface area (Å²) in [5.41, 5.74) is 0. The van der Waals surface area contributed by atoms with E-state index in [2.05, 4.69) is 0 Å². The normalized spacial score (nSPS) is 19.2. The van der Waals surface area contributed by atoms with Gasteiger partial charge in [-0.1, -0.05) is 12.8 Å². The van der Waals surface area contributed by atoms with Crippen LogP contribution in [0.2, 0.25) is 0 Å². The number of carbonyl (C=O) groups excluding carboxylic acids is 1. The first-order valence-electron chi connectivity index (χ1n) is 5.97. The highest BCUT2D eigenvalue weighted by Gasteiger charge is 2.17. The molecule has 94 valence electrons. The lowest BCUT2D eigenvalue weighted by Gasteiger charge is -2.19. The molecule has 0 spiro atoms. The third kappa shape index (κ3) is 5.07. The summed E-state index contributed by atoms with van der Waals surface area (Å²) >= 11 is 0. The Labute approximate surface area is 99.5 Å². The van der Waals surface area contributed by atoms with Crippen LogP contribution >= 0.6 is 0 Å². The Balaban J connectivity index is 2.29. The molecule has 0 aromatic heterocycles. The maximum atomic E-state index is 11.8.